The molecule has 4 heteroatoms. The molecule has 1 rings (SSSR count). The highest BCUT2D eigenvalue weighted by atomic mass is 16.5. The van der Waals surface area contributed by atoms with E-state index in [0.29, 0.717) is 0 Å². The van der Waals surface area contributed by atoms with Gasteiger partial charge in [0.05, 0.1) is 12.1 Å². The predicted octanol–water partition coefficient (Wildman–Crippen LogP) is 0.655. The molecule has 3 unspecified atom stereocenters. The van der Waals surface area contributed by atoms with Gasteiger partial charge in [-0.3, -0.25) is 4.79 Å². The number of nitrogens with one attached hydrogen (secondary N) is 1. The first-order chi connectivity index (χ1) is 7.15. The summed E-state index contributed by atoms with van der Waals surface area (Å²) < 4.78 is 5.48. The van der Waals surface area contributed by atoms with E-state index in [1.807, 2.05) is 6.92 Å². The average molecular weight is 214 g/mol. The van der Waals surface area contributed by atoms with Crippen LogP contribution in [0.15, 0.2) is 0 Å². The van der Waals surface area contributed by atoms with E-state index in [0.717, 1.165) is 32.4 Å². The summed E-state index contributed by atoms with van der Waals surface area (Å²) >= 11 is 0. The Morgan fingerprint density at radius 2 is 2.40 bits per heavy atom. The van der Waals surface area contributed by atoms with Crippen molar-refractivity contribution < 1.29 is 9.53 Å². The zero-order chi connectivity index (χ0) is 11.3. The van der Waals surface area contributed by atoms with Crippen LogP contribution >= 0.6 is 0 Å². The minimum absolute atomic E-state index is 0.223. The second kappa shape index (κ2) is 6.08. The van der Waals surface area contributed by atoms with Gasteiger partial charge in [0, 0.05) is 13.2 Å². The minimum Gasteiger partial charge on any atom is -0.377 e. The van der Waals surface area contributed by atoms with Gasteiger partial charge in [0.25, 0.3) is 0 Å². The largest absolute Gasteiger partial charge is 0.377 e. The monoisotopic (exact) mass is 214 g/mol. The van der Waals surface area contributed by atoms with E-state index in [4.69, 9.17) is 10.5 Å². The molecule has 0 aromatic rings. The molecule has 0 radical (unpaired) electrons. The van der Waals surface area contributed by atoms with Crippen LogP contribution in [0, 0.1) is 5.92 Å². The van der Waals surface area contributed by atoms with Crippen LogP contribution in [0.25, 0.3) is 0 Å². The Kier molecular flexibility index (Phi) is 5.05. The first-order valence-corrected chi connectivity index (χ1v) is 5.79. The Balaban J connectivity index is 2.33. The highest BCUT2D eigenvalue weighted by molar-refractivity contribution is 5.80. The number of carbonyl (C=O) groups excluding carboxylic acids is 1. The molecule has 88 valence electrons. The normalized spacial score (nSPS) is 25.1. The van der Waals surface area contributed by atoms with E-state index in [1.165, 1.54) is 0 Å². The molecule has 0 aliphatic carbocycles. The van der Waals surface area contributed by atoms with Gasteiger partial charge in [0.15, 0.2) is 0 Å². The summed E-state index contributed by atoms with van der Waals surface area (Å²) in [5.74, 6) is 0.0197. The van der Waals surface area contributed by atoms with Gasteiger partial charge in [-0.15, -0.1) is 0 Å². The molecule has 0 aromatic carbocycles. The molecule has 0 saturated carbocycles. The fourth-order valence-corrected chi connectivity index (χ4v) is 1.88. The van der Waals surface area contributed by atoms with Crippen molar-refractivity contribution in [1.82, 2.24) is 5.32 Å². The summed E-state index contributed by atoms with van der Waals surface area (Å²) in [5, 5.41) is 3.21. The molecule has 0 bridgehead atoms. The van der Waals surface area contributed by atoms with Crippen LogP contribution in [0.5, 0.6) is 0 Å². The molecule has 1 aliphatic heterocycles. The summed E-state index contributed by atoms with van der Waals surface area (Å²) in [6.45, 7) is 5.68. The van der Waals surface area contributed by atoms with E-state index in [9.17, 15) is 4.79 Å². The molecule has 3 N–H and O–H groups in total. The van der Waals surface area contributed by atoms with Crippen LogP contribution in [-0.4, -0.2) is 31.2 Å². The summed E-state index contributed by atoms with van der Waals surface area (Å²) in [7, 11) is 0. The number of nitrogens with two attached hydrogens (primary N) is 1. The highest BCUT2D eigenvalue weighted by Gasteiger charge is 2.23. The fraction of sp³-hybridized carbons (Fsp3) is 0.909. The van der Waals surface area contributed by atoms with Crippen molar-refractivity contribution in [3.8, 4) is 0 Å². The lowest BCUT2D eigenvalue weighted by molar-refractivity contribution is -0.121. The van der Waals surface area contributed by atoms with Crippen molar-refractivity contribution in [3.63, 3.8) is 0 Å². The number of hydrogen-bond acceptors (Lipinski definition) is 3. The maximum atomic E-state index is 11.2. The molecule has 4 nitrogen and oxygen atoms in total. The van der Waals surface area contributed by atoms with Crippen LogP contribution in [0.2, 0.25) is 0 Å². The van der Waals surface area contributed by atoms with Crippen molar-refractivity contribution in [2.45, 2.75) is 45.3 Å². The number of ether oxygens (including phenoxy) is 1. The van der Waals surface area contributed by atoms with Crippen LogP contribution in [0.3, 0.4) is 0 Å². The Morgan fingerprint density at radius 3 is 2.87 bits per heavy atom. The van der Waals surface area contributed by atoms with Gasteiger partial charge in [-0.2, -0.15) is 0 Å². The van der Waals surface area contributed by atoms with Crippen LogP contribution < -0.4 is 11.1 Å². The van der Waals surface area contributed by atoms with Gasteiger partial charge >= 0.3 is 0 Å². The fourth-order valence-electron chi connectivity index (χ4n) is 1.88. The second-order valence-corrected chi connectivity index (χ2v) is 4.31. The zero-order valence-electron chi connectivity index (χ0n) is 9.66. The Hall–Kier alpha value is -0.610. The molecule has 0 spiro atoms. The van der Waals surface area contributed by atoms with Gasteiger partial charge in [0.1, 0.15) is 0 Å². The third-order valence-electron chi connectivity index (χ3n) is 3.11. The topological polar surface area (TPSA) is 64.3 Å². The second-order valence-electron chi connectivity index (χ2n) is 4.31. The molecular weight excluding hydrogens is 192 g/mol. The Morgan fingerprint density at radius 1 is 1.67 bits per heavy atom. The lowest BCUT2D eigenvalue weighted by Gasteiger charge is -2.22. The van der Waals surface area contributed by atoms with Gasteiger partial charge in [0.2, 0.25) is 5.91 Å². The summed E-state index contributed by atoms with van der Waals surface area (Å²) in [6, 6.07) is -0.223. The number of primary amides is 1. The molecule has 1 fully saturated rings. The number of hydrogen-bond donors (Lipinski definition) is 2. The first-order valence-electron chi connectivity index (χ1n) is 5.79. The van der Waals surface area contributed by atoms with Crippen molar-refractivity contribution in [3.05, 3.63) is 0 Å². The average Bonchev–Trinajstić information content (AvgIpc) is 2.70. The van der Waals surface area contributed by atoms with Crippen LogP contribution in [-0.2, 0) is 9.53 Å². The molecule has 0 aromatic heterocycles. The van der Waals surface area contributed by atoms with Crippen molar-refractivity contribution >= 4 is 5.91 Å². The summed E-state index contributed by atoms with van der Waals surface area (Å²) in [5.41, 5.74) is 5.36. The Labute approximate surface area is 91.5 Å². The maximum absolute atomic E-state index is 11.2. The molecule has 1 saturated heterocycles. The zero-order valence-corrected chi connectivity index (χ0v) is 9.66. The van der Waals surface area contributed by atoms with Crippen LogP contribution in [0.4, 0.5) is 0 Å². The molecular formula is C11H22N2O2. The van der Waals surface area contributed by atoms with Gasteiger partial charge in [-0.1, -0.05) is 20.3 Å². The quantitative estimate of drug-likeness (QED) is 0.682. The third-order valence-corrected chi connectivity index (χ3v) is 3.11. The number of carbonyl (C=O) groups is 1. The van der Waals surface area contributed by atoms with Gasteiger partial charge < -0.3 is 15.8 Å². The van der Waals surface area contributed by atoms with Crippen molar-refractivity contribution in [2.24, 2.45) is 11.7 Å². The van der Waals surface area contributed by atoms with E-state index in [1.54, 1.807) is 0 Å². The van der Waals surface area contributed by atoms with Crippen molar-refractivity contribution in [1.29, 1.82) is 0 Å². The van der Waals surface area contributed by atoms with Gasteiger partial charge in [-0.05, 0) is 18.8 Å². The molecule has 15 heavy (non-hydrogen) atoms. The molecule has 3 atom stereocenters. The Bertz CT molecular complexity index is 203. The van der Waals surface area contributed by atoms with Gasteiger partial charge in [-0.25, -0.2) is 0 Å². The predicted molar refractivity (Wildman–Crippen MR) is 59.4 cm³/mol. The van der Waals surface area contributed by atoms with E-state index >= 15 is 0 Å². The lowest BCUT2D eigenvalue weighted by atomic mass is 9.98. The summed E-state index contributed by atoms with van der Waals surface area (Å²) in [6.07, 6.45) is 3.41. The van der Waals surface area contributed by atoms with E-state index < -0.39 is 0 Å². The maximum Gasteiger partial charge on any atom is 0.234 e. The van der Waals surface area contributed by atoms with Crippen molar-refractivity contribution in [2.75, 3.05) is 13.2 Å². The minimum atomic E-state index is -0.262. The standard InChI is InChI=1S/C11H22N2O2/c1-3-8(2)10(11(12)14)13-7-9-5-4-6-15-9/h8-10,13H,3-7H2,1-2H3,(H2,12,14). The molecule has 1 aliphatic rings. The SMILES string of the molecule is CCC(C)C(NCC1CCCO1)C(N)=O. The van der Waals surface area contributed by atoms with E-state index in [2.05, 4.69) is 12.2 Å². The lowest BCUT2D eigenvalue weighted by Crippen LogP contribution is -2.48. The third kappa shape index (κ3) is 3.80. The summed E-state index contributed by atoms with van der Waals surface area (Å²) in [4.78, 5) is 11.2. The molecule has 1 amide bonds. The number of amides is 1. The van der Waals surface area contributed by atoms with Crippen LogP contribution in [0.1, 0.15) is 33.1 Å². The molecule has 1 heterocycles. The first kappa shape index (κ1) is 12.5. The number of rotatable bonds is 6. The highest BCUT2D eigenvalue weighted by Crippen LogP contribution is 2.12. The van der Waals surface area contributed by atoms with E-state index in [-0.39, 0.29) is 24.0 Å². The smallest absolute Gasteiger partial charge is 0.234 e.